The van der Waals surface area contributed by atoms with E-state index in [-0.39, 0.29) is 29.1 Å². The molecule has 0 radical (unpaired) electrons. The number of halogens is 1. The Morgan fingerprint density at radius 3 is 2.19 bits per heavy atom. The third kappa shape index (κ3) is 3.95. The average Bonchev–Trinajstić information content (AvgIpc) is 2.62. The highest BCUT2D eigenvalue weighted by Crippen LogP contribution is 2.37. The molecule has 0 spiro atoms. The van der Waals surface area contributed by atoms with Gasteiger partial charge in [-0.1, -0.05) is 33.6 Å². The van der Waals surface area contributed by atoms with Gasteiger partial charge in [0.05, 0.1) is 5.41 Å². The Kier molecular flexibility index (Phi) is 5.77. The summed E-state index contributed by atoms with van der Waals surface area (Å²) in [7, 11) is 0. The van der Waals surface area contributed by atoms with Crippen molar-refractivity contribution in [3.05, 3.63) is 0 Å². The fraction of sp³-hybridized carbons (Fsp3) is 0.917. The molecule has 3 N–H and O–H groups in total. The number of nitrogens with one attached hydrogen (secondary N) is 1. The molecule has 0 aromatic carbocycles. The smallest absolute Gasteiger partial charge is 0.227 e. The van der Waals surface area contributed by atoms with E-state index in [1.165, 1.54) is 0 Å². The molecule has 0 aromatic rings. The van der Waals surface area contributed by atoms with E-state index in [4.69, 9.17) is 5.73 Å². The lowest BCUT2D eigenvalue weighted by molar-refractivity contribution is -0.130. The summed E-state index contributed by atoms with van der Waals surface area (Å²) < 4.78 is 0. The first kappa shape index (κ1) is 15.7. The van der Waals surface area contributed by atoms with E-state index in [0.29, 0.717) is 6.54 Å². The molecule has 0 unspecified atom stereocenters. The SMILES string of the molecule is CC(C)(C)CNC(=O)C1(CN)CCCC1.Cl. The molecule has 0 aromatic heterocycles. The molecule has 1 aliphatic rings. The Morgan fingerprint density at radius 1 is 1.31 bits per heavy atom. The molecular weight excluding hydrogens is 224 g/mol. The number of rotatable bonds is 3. The number of carbonyl (C=O) groups excluding carboxylic acids is 1. The molecule has 0 saturated heterocycles. The molecule has 1 rings (SSSR count). The maximum atomic E-state index is 12.1. The van der Waals surface area contributed by atoms with Crippen molar-refractivity contribution in [2.45, 2.75) is 46.5 Å². The van der Waals surface area contributed by atoms with Crippen LogP contribution in [0.4, 0.5) is 0 Å². The highest BCUT2D eigenvalue weighted by atomic mass is 35.5. The van der Waals surface area contributed by atoms with Gasteiger partial charge in [-0.2, -0.15) is 0 Å². The van der Waals surface area contributed by atoms with Crippen molar-refractivity contribution in [2.75, 3.05) is 13.1 Å². The Hall–Kier alpha value is -0.280. The minimum atomic E-state index is -0.259. The average molecular weight is 249 g/mol. The van der Waals surface area contributed by atoms with Crippen LogP contribution in [-0.4, -0.2) is 19.0 Å². The Bertz CT molecular complexity index is 230. The van der Waals surface area contributed by atoms with Gasteiger partial charge in [0.2, 0.25) is 5.91 Å². The molecule has 4 heteroatoms. The summed E-state index contributed by atoms with van der Waals surface area (Å²) in [6.45, 7) is 7.59. The van der Waals surface area contributed by atoms with Gasteiger partial charge in [0.25, 0.3) is 0 Å². The third-order valence-corrected chi connectivity index (χ3v) is 3.21. The summed E-state index contributed by atoms with van der Waals surface area (Å²) in [4.78, 5) is 12.1. The van der Waals surface area contributed by atoms with Gasteiger partial charge in [-0.25, -0.2) is 0 Å². The summed E-state index contributed by atoms with van der Waals surface area (Å²) in [5.74, 6) is 0.164. The zero-order chi connectivity index (χ0) is 11.5. The lowest BCUT2D eigenvalue weighted by atomic mass is 9.84. The molecule has 0 heterocycles. The van der Waals surface area contributed by atoms with E-state index < -0.39 is 0 Å². The second-order valence-electron chi connectivity index (χ2n) is 5.93. The van der Waals surface area contributed by atoms with Crippen LogP contribution in [0.25, 0.3) is 0 Å². The number of hydrogen-bond acceptors (Lipinski definition) is 2. The summed E-state index contributed by atoms with van der Waals surface area (Å²) >= 11 is 0. The zero-order valence-electron chi connectivity index (χ0n) is 10.6. The van der Waals surface area contributed by atoms with E-state index in [1.54, 1.807) is 0 Å². The van der Waals surface area contributed by atoms with Gasteiger partial charge in [0.1, 0.15) is 0 Å². The maximum Gasteiger partial charge on any atom is 0.227 e. The molecular formula is C12H25ClN2O. The van der Waals surface area contributed by atoms with Crippen LogP contribution in [0.2, 0.25) is 0 Å². The number of nitrogens with two attached hydrogens (primary N) is 1. The zero-order valence-corrected chi connectivity index (χ0v) is 11.5. The molecule has 0 atom stereocenters. The second kappa shape index (κ2) is 5.87. The number of amides is 1. The van der Waals surface area contributed by atoms with Gasteiger partial charge in [-0.3, -0.25) is 4.79 Å². The van der Waals surface area contributed by atoms with Gasteiger partial charge >= 0.3 is 0 Å². The lowest BCUT2D eigenvalue weighted by Gasteiger charge is -2.28. The lowest BCUT2D eigenvalue weighted by Crippen LogP contribution is -2.46. The summed E-state index contributed by atoms with van der Waals surface area (Å²) in [6, 6.07) is 0. The Balaban J connectivity index is 0.00000225. The molecule has 0 aliphatic heterocycles. The van der Waals surface area contributed by atoms with Gasteiger partial charge < -0.3 is 11.1 Å². The van der Waals surface area contributed by atoms with Gasteiger partial charge in [-0.15, -0.1) is 12.4 Å². The minimum Gasteiger partial charge on any atom is -0.355 e. The summed E-state index contributed by atoms with van der Waals surface area (Å²) in [5, 5.41) is 3.04. The predicted molar refractivity (Wildman–Crippen MR) is 69.7 cm³/mol. The molecule has 0 bridgehead atoms. The third-order valence-electron chi connectivity index (χ3n) is 3.21. The number of carbonyl (C=O) groups is 1. The van der Waals surface area contributed by atoms with Gasteiger partial charge in [0.15, 0.2) is 0 Å². The van der Waals surface area contributed by atoms with Crippen molar-refractivity contribution >= 4 is 18.3 Å². The summed E-state index contributed by atoms with van der Waals surface area (Å²) in [5.41, 5.74) is 5.63. The highest BCUT2D eigenvalue weighted by molar-refractivity contribution is 5.85. The fourth-order valence-electron chi connectivity index (χ4n) is 2.11. The first-order chi connectivity index (χ1) is 6.90. The van der Waals surface area contributed by atoms with Crippen LogP contribution in [0, 0.1) is 10.8 Å². The topological polar surface area (TPSA) is 55.1 Å². The van der Waals surface area contributed by atoms with Crippen molar-refractivity contribution in [1.29, 1.82) is 0 Å². The molecule has 96 valence electrons. The van der Waals surface area contributed by atoms with Gasteiger partial charge in [0, 0.05) is 13.1 Å². The van der Waals surface area contributed by atoms with E-state index in [2.05, 4.69) is 26.1 Å². The van der Waals surface area contributed by atoms with Crippen LogP contribution < -0.4 is 11.1 Å². The van der Waals surface area contributed by atoms with Gasteiger partial charge in [-0.05, 0) is 18.3 Å². The first-order valence-electron chi connectivity index (χ1n) is 5.88. The molecule has 1 aliphatic carbocycles. The Labute approximate surface area is 105 Å². The van der Waals surface area contributed by atoms with E-state index in [1.807, 2.05) is 0 Å². The Morgan fingerprint density at radius 2 is 1.81 bits per heavy atom. The van der Waals surface area contributed by atoms with Crippen LogP contribution >= 0.6 is 12.4 Å². The molecule has 1 fully saturated rings. The fourth-order valence-corrected chi connectivity index (χ4v) is 2.11. The van der Waals surface area contributed by atoms with Crippen molar-refractivity contribution in [2.24, 2.45) is 16.6 Å². The van der Waals surface area contributed by atoms with E-state index in [9.17, 15) is 4.79 Å². The standard InChI is InChI=1S/C12H24N2O.ClH/c1-11(2,3)9-14-10(15)12(8-13)6-4-5-7-12;/h4-9,13H2,1-3H3,(H,14,15);1H. The molecule has 1 amide bonds. The van der Waals surface area contributed by atoms with Crippen LogP contribution in [0.1, 0.15) is 46.5 Å². The highest BCUT2D eigenvalue weighted by Gasteiger charge is 2.39. The molecule has 16 heavy (non-hydrogen) atoms. The largest absolute Gasteiger partial charge is 0.355 e. The monoisotopic (exact) mass is 248 g/mol. The molecule has 3 nitrogen and oxygen atoms in total. The first-order valence-corrected chi connectivity index (χ1v) is 5.88. The maximum absolute atomic E-state index is 12.1. The van der Waals surface area contributed by atoms with Crippen LogP contribution in [-0.2, 0) is 4.79 Å². The van der Waals surface area contributed by atoms with E-state index in [0.717, 1.165) is 32.2 Å². The molecule has 1 saturated carbocycles. The van der Waals surface area contributed by atoms with Crippen molar-refractivity contribution in [3.8, 4) is 0 Å². The van der Waals surface area contributed by atoms with Crippen LogP contribution in [0.3, 0.4) is 0 Å². The van der Waals surface area contributed by atoms with Crippen molar-refractivity contribution in [1.82, 2.24) is 5.32 Å². The van der Waals surface area contributed by atoms with Crippen molar-refractivity contribution in [3.63, 3.8) is 0 Å². The quantitative estimate of drug-likeness (QED) is 0.804. The predicted octanol–water partition coefficient (Wildman–Crippen LogP) is 2.09. The second-order valence-corrected chi connectivity index (χ2v) is 5.93. The van der Waals surface area contributed by atoms with Crippen molar-refractivity contribution < 1.29 is 4.79 Å². The summed E-state index contributed by atoms with van der Waals surface area (Å²) in [6.07, 6.45) is 4.19. The normalized spacial score (nSPS) is 19.0. The van der Waals surface area contributed by atoms with Crippen LogP contribution in [0.15, 0.2) is 0 Å². The number of hydrogen-bond donors (Lipinski definition) is 2. The van der Waals surface area contributed by atoms with Crippen LogP contribution in [0.5, 0.6) is 0 Å². The van der Waals surface area contributed by atoms with E-state index >= 15 is 0 Å². The minimum absolute atomic E-state index is 0.